The Morgan fingerprint density at radius 2 is 2.25 bits per heavy atom. The summed E-state index contributed by atoms with van der Waals surface area (Å²) in [5.41, 5.74) is 2.28. The average Bonchev–Trinajstić information content (AvgIpc) is 2.29. The summed E-state index contributed by atoms with van der Waals surface area (Å²) in [5.74, 6) is 1.44. The van der Waals surface area contributed by atoms with Gasteiger partial charge in [0.15, 0.2) is 0 Å². The van der Waals surface area contributed by atoms with Gasteiger partial charge >= 0.3 is 5.97 Å². The first kappa shape index (κ1) is 12.4. The van der Waals surface area contributed by atoms with Crippen LogP contribution in [0, 0.1) is 0 Å². The summed E-state index contributed by atoms with van der Waals surface area (Å²) in [5, 5.41) is 0. The standard InChI is InChI=1S/C12H15NO3/c1-4-5-11-9(7-14)6-10(8(2)13-11)12(15)16-3/h4-6H2,1-3H3. The summed E-state index contributed by atoms with van der Waals surface area (Å²) in [6, 6.07) is 0. The number of allylic oxidation sites excluding steroid dienone is 2. The SMILES string of the molecule is CCCC1=NC(C)=C(C(=O)OC)CC1=C=O. The molecule has 0 aromatic heterocycles. The highest BCUT2D eigenvalue weighted by Crippen LogP contribution is 2.24. The molecule has 0 saturated heterocycles. The molecule has 0 saturated carbocycles. The molecule has 1 aliphatic heterocycles. The number of hydrogen-bond donors (Lipinski definition) is 0. The Balaban J connectivity index is 3.11. The molecular formula is C12H15NO3. The molecule has 0 amide bonds. The fraction of sp³-hybridized carbons (Fsp3) is 0.500. The largest absolute Gasteiger partial charge is 0.466 e. The van der Waals surface area contributed by atoms with Crippen LogP contribution in [0.3, 0.4) is 0 Å². The zero-order chi connectivity index (χ0) is 12.1. The molecule has 0 aliphatic carbocycles. The minimum absolute atomic E-state index is 0.279. The lowest BCUT2D eigenvalue weighted by Gasteiger charge is -2.16. The molecule has 4 nitrogen and oxygen atoms in total. The van der Waals surface area contributed by atoms with Crippen LogP contribution in [0.1, 0.15) is 33.1 Å². The van der Waals surface area contributed by atoms with Crippen molar-refractivity contribution in [1.82, 2.24) is 0 Å². The molecule has 4 heteroatoms. The number of carbonyl (C=O) groups is 1. The third-order valence-electron chi connectivity index (χ3n) is 2.48. The molecule has 0 atom stereocenters. The van der Waals surface area contributed by atoms with Gasteiger partial charge in [-0.1, -0.05) is 13.3 Å². The number of ether oxygens (including phenoxy) is 1. The van der Waals surface area contributed by atoms with Crippen molar-refractivity contribution in [2.24, 2.45) is 4.99 Å². The van der Waals surface area contributed by atoms with Crippen molar-refractivity contribution in [2.75, 3.05) is 7.11 Å². The third-order valence-corrected chi connectivity index (χ3v) is 2.48. The van der Waals surface area contributed by atoms with Gasteiger partial charge in [-0.2, -0.15) is 0 Å². The number of esters is 1. The Kier molecular flexibility index (Phi) is 4.20. The van der Waals surface area contributed by atoms with E-state index in [1.807, 2.05) is 12.9 Å². The van der Waals surface area contributed by atoms with Crippen molar-refractivity contribution in [2.45, 2.75) is 33.1 Å². The Hall–Kier alpha value is -1.67. The zero-order valence-corrected chi connectivity index (χ0v) is 9.79. The molecule has 1 rings (SSSR count). The Morgan fingerprint density at radius 1 is 1.56 bits per heavy atom. The molecule has 1 heterocycles. The van der Waals surface area contributed by atoms with Gasteiger partial charge in [0.1, 0.15) is 5.94 Å². The summed E-state index contributed by atoms with van der Waals surface area (Å²) < 4.78 is 4.64. The maximum absolute atomic E-state index is 11.4. The van der Waals surface area contributed by atoms with Crippen molar-refractivity contribution in [3.63, 3.8) is 0 Å². The lowest BCUT2D eigenvalue weighted by Crippen LogP contribution is -2.16. The fourth-order valence-corrected chi connectivity index (χ4v) is 1.63. The van der Waals surface area contributed by atoms with Gasteiger partial charge in [-0.25, -0.2) is 9.59 Å². The molecule has 0 unspecified atom stereocenters. The summed E-state index contributed by atoms with van der Waals surface area (Å²) in [6.45, 7) is 3.77. The second-order valence-electron chi connectivity index (χ2n) is 3.62. The van der Waals surface area contributed by atoms with Gasteiger partial charge in [0.25, 0.3) is 0 Å². The van der Waals surface area contributed by atoms with Crippen LogP contribution in [0.25, 0.3) is 0 Å². The molecule has 1 aliphatic rings. The second kappa shape index (κ2) is 5.42. The molecular weight excluding hydrogens is 206 g/mol. The zero-order valence-electron chi connectivity index (χ0n) is 9.79. The van der Waals surface area contributed by atoms with Gasteiger partial charge in [0.05, 0.1) is 24.0 Å². The van der Waals surface area contributed by atoms with Crippen molar-refractivity contribution in [1.29, 1.82) is 0 Å². The predicted octanol–water partition coefficient (Wildman–Crippen LogP) is 1.84. The van der Waals surface area contributed by atoms with E-state index in [1.54, 1.807) is 6.92 Å². The highest BCUT2D eigenvalue weighted by atomic mass is 16.5. The van der Waals surface area contributed by atoms with Gasteiger partial charge in [-0.3, -0.25) is 4.99 Å². The molecule has 0 aromatic rings. The Bertz CT molecular complexity index is 412. The molecule has 0 bridgehead atoms. The highest BCUT2D eigenvalue weighted by molar-refractivity contribution is 6.10. The van der Waals surface area contributed by atoms with Gasteiger partial charge in [0, 0.05) is 12.1 Å². The second-order valence-corrected chi connectivity index (χ2v) is 3.62. The molecule has 86 valence electrons. The van der Waals surface area contributed by atoms with E-state index in [-0.39, 0.29) is 6.42 Å². The topological polar surface area (TPSA) is 55.7 Å². The van der Waals surface area contributed by atoms with Crippen LogP contribution in [-0.4, -0.2) is 24.7 Å². The number of methoxy groups -OCH3 is 1. The van der Waals surface area contributed by atoms with Gasteiger partial charge in [-0.15, -0.1) is 0 Å². The third kappa shape index (κ3) is 2.47. The number of nitrogens with zero attached hydrogens (tertiary/aromatic N) is 1. The van der Waals surface area contributed by atoms with Crippen LogP contribution in [0.15, 0.2) is 21.8 Å². The lowest BCUT2D eigenvalue weighted by molar-refractivity contribution is -0.136. The van der Waals surface area contributed by atoms with E-state index >= 15 is 0 Å². The molecule has 0 aromatic carbocycles. The molecule has 0 radical (unpaired) electrons. The smallest absolute Gasteiger partial charge is 0.335 e. The monoisotopic (exact) mass is 221 g/mol. The maximum Gasteiger partial charge on any atom is 0.335 e. The summed E-state index contributed by atoms with van der Waals surface area (Å²) in [4.78, 5) is 26.5. The minimum atomic E-state index is -0.426. The van der Waals surface area contributed by atoms with Crippen LogP contribution < -0.4 is 0 Å². The highest BCUT2D eigenvalue weighted by Gasteiger charge is 2.23. The molecule has 0 fully saturated rings. The van der Waals surface area contributed by atoms with Gasteiger partial charge in [0.2, 0.25) is 0 Å². The number of carbonyl (C=O) groups excluding carboxylic acids is 2. The van der Waals surface area contributed by atoms with Crippen LogP contribution in [0.5, 0.6) is 0 Å². The van der Waals surface area contributed by atoms with E-state index in [2.05, 4.69) is 9.73 Å². The van der Waals surface area contributed by atoms with Crippen molar-refractivity contribution >= 4 is 17.6 Å². The van der Waals surface area contributed by atoms with E-state index in [0.29, 0.717) is 16.8 Å². The maximum atomic E-state index is 11.4. The van der Waals surface area contributed by atoms with E-state index in [0.717, 1.165) is 18.6 Å². The summed E-state index contributed by atoms with van der Waals surface area (Å²) in [7, 11) is 1.32. The Labute approximate surface area is 94.7 Å². The van der Waals surface area contributed by atoms with Gasteiger partial charge < -0.3 is 4.74 Å². The lowest BCUT2D eigenvalue weighted by atomic mass is 9.95. The first-order valence-corrected chi connectivity index (χ1v) is 5.24. The van der Waals surface area contributed by atoms with Crippen molar-refractivity contribution in [3.05, 3.63) is 16.8 Å². The molecule has 16 heavy (non-hydrogen) atoms. The first-order chi connectivity index (χ1) is 7.63. The predicted molar refractivity (Wildman–Crippen MR) is 60.9 cm³/mol. The number of aliphatic imine (C=N–C) groups is 1. The normalized spacial score (nSPS) is 15.7. The van der Waals surface area contributed by atoms with E-state index in [4.69, 9.17) is 0 Å². The van der Waals surface area contributed by atoms with Crippen LogP contribution >= 0.6 is 0 Å². The minimum Gasteiger partial charge on any atom is -0.466 e. The Morgan fingerprint density at radius 3 is 2.75 bits per heavy atom. The van der Waals surface area contributed by atoms with Crippen LogP contribution in [0.2, 0.25) is 0 Å². The fourth-order valence-electron chi connectivity index (χ4n) is 1.63. The van der Waals surface area contributed by atoms with Crippen molar-refractivity contribution < 1.29 is 14.3 Å². The van der Waals surface area contributed by atoms with Crippen LogP contribution in [0.4, 0.5) is 0 Å². The summed E-state index contributed by atoms with van der Waals surface area (Å²) >= 11 is 0. The summed E-state index contributed by atoms with van der Waals surface area (Å²) in [6.07, 6.45) is 1.92. The van der Waals surface area contributed by atoms with E-state index in [1.165, 1.54) is 7.11 Å². The van der Waals surface area contributed by atoms with E-state index < -0.39 is 5.97 Å². The van der Waals surface area contributed by atoms with Crippen molar-refractivity contribution in [3.8, 4) is 0 Å². The quantitative estimate of drug-likeness (QED) is 0.539. The van der Waals surface area contributed by atoms with Crippen LogP contribution in [-0.2, 0) is 14.3 Å². The molecule has 0 spiro atoms. The van der Waals surface area contributed by atoms with E-state index in [9.17, 15) is 9.59 Å². The first-order valence-electron chi connectivity index (χ1n) is 5.24. The molecule has 0 N–H and O–H groups in total. The number of rotatable bonds is 3. The van der Waals surface area contributed by atoms with Gasteiger partial charge in [-0.05, 0) is 13.3 Å². The number of hydrogen-bond acceptors (Lipinski definition) is 4. The average molecular weight is 221 g/mol.